The van der Waals surface area contributed by atoms with Crippen LogP contribution in [0.2, 0.25) is 0 Å². The zero-order chi connectivity index (χ0) is 10.3. The van der Waals surface area contributed by atoms with E-state index in [9.17, 15) is 8.76 Å². The molecule has 0 aromatic heterocycles. The van der Waals surface area contributed by atoms with Gasteiger partial charge in [-0.25, -0.2) is 4.31 Å². The van der Waals surface area contributed by atoms with Crippen LogP contribution in [0.25, 0.3) is 0 Å². The van der Waals surface area contributed by atoms with Gasteiger partial charge < -0.3 is 14.4 Å². The lowest BCUT2D eigenvalue weighted by molar-refractivity contribution is 0.0752. The maximum absolute atomic E-state index is 10.4. The first kappa shape index (κ1) is 13.0. The van der Waals surface area contributed by atoms with Crippen molar-refractivity contribution in [3.8, 4) is 0 Å². The minimum atomic E-state index is -2.20. The first-order valence-electron chi connectivity index (χ1n) is 4.06. The third-order valence-corrected chi connectivity index (χ3v) is 2.39. The fourth-order valence-electron chi connectivity index (χ4n) is 0.950. The monoisotopic (exact) mass is 210 g/mol. The van der Waals surface area contributed by atoms with Crippen LogP contribution in [0.15, 0.2) is 0 Å². The number of hydrogen-bond donors (Lipinski definition) is 1. The highest BCUT2D eigenvalue weighted by atomic mass is 32.2. The molecule has 0 bridgehead atoms. The molecule has 0 radical (unpaired) electrons. The quantitative estimate of drug-likeness (QED) is 0.575. The van der Waals surface area contributed by atoms with Crippen molar-refractivity contribution in [2.45, 2.75) is 18.9 Å². The molecule has 1 unspecified atom stereocenters. The lowest BCUT2D eigenvalue weighted by atomic mass is 10.2. The van der Waals surface area contributed by atoms with E-state index in [1.807, 2.05) is 0 Å². The number of nitrogens with zero attached hydrogens (tertiary/aromatic N) is 1. The molecule has 13 heavy (non-hydrogen) atoms. The fraction of sp³-hybridized carbons (Fsp3) is 1.00. The Morgan fingerprint density at radius 2 is 2.31 bits per heavy atom. The second kappa shape index (κ2) is 7.40. The van der Waals surface area contributed by atoms with Crippen molar-refractivity contribution in [3.05, 3.63) is 0 Å². The Bertz CT molecular complexity index is 155. The van der Waals surface area contributed by atoms with Crippen LogP contribution in [0.5, 0.6) is 0 Å². The highest BCUT2D eigenvalue weighted by Gasteiger charge is 2.10. The molecule has 0 fully saturated rings. The predicted molar refractivity (Wildman–Crippen MR) is 48.7 cm³/mol. The molecule has 0 saturated heterocycles. The van der Waals surface area contributed by atoms with Crippen molar-refractivity contribution >= 4 is 11.3 Å². The number of methoxy groups -OCH3 is 1. The predicted octanol–water partition coefficient (Wildman–Crippen LogP) is -0.500. The Morgan fingerprint density at radius 3 is 2.69 bits per heavy atom. The van der Waals surface area contributed by atoms with Crippen molar-refractivity contribution < 1.29 is 18.6 Å². The van der Waals surface area contributed by atoms with E-state index >= 15 is 0 Å². The molecule has 1 N–H and O–H groups in total. The average Bonchev–Trinajstić information content (AvgIpc) is 2.11. The topological polar surface area (TPSA) is 72.8 Å². The van der Waals surface area contributed by atoms with Crippen LogP contribution in [0, 0.1) is 0 Å². The van der Waals surface area contributed by atoms with E-state index in [-0.39, 0.29) is 12.7 Å². The van der Waals surface area contributed by atoms with Crippen molar-refractivity contribution in [2.75, 3.05) is 27.3 Å². The minimum Gasteiger partial charge on any atom is -0.760 e. The average molecular weight is 210 g/mol. The van der Waals surface area contributed by atoms with Crippen LogP contribution in [0.3, 0.4) is 0 Å². The lowest BCUT2D eigenvalue weighted by Crippen LogP contribution is -2.31. The van der Waals surface area contributed by atoms with Crippen molar-refractivity contribution in [1.29, 1.82) is 0 Å². The summed E-state index contributed by atoms with van der Waals surface area (Å²) in [6, 6.07) is 0. The molecule has 2 atom stereocenters. The molecule has 0 aliphatic rings. The zero-order valence-electron chi connectivity index (χ0n) is 7.93. The number of ether oxygens (including phenoxy) is 1. The van der Waals surface area contributed by atoms with Gasteiger partial charge in [0.25, 0.3) is 0 Å². The summed E-state index contributed by atoms with van der Waals surface area (Å²) < 4.78 is 27.1. The molecular weight excluding hydrogens is 194 g/mol. The number of hydrogen-bond acceptors (Lipinski definition) is 4. The molecule has 0 aliphatic carbocycles. The summed E-state index contributed by atoms with van der Waals surface area (Å²) in [7, 11) is 3.01. The molecule has 0 spiro atoms. The van der Waals surface area contributed by atoms with Gasteiger partial charge in [0.2, 0.25) is 0 Å². The van der Waals surface area contributed by atoms with Gasteiger partial charge in [-0.1, -0.05) is 0 Å². The molecular formula is C7H16NO4S-. The SMILES string of the molecule is CO[C@@H](CCCO)CN(C)S(=O)[O-]. The maximum atomic E-state index is 10.4. The third-order valence-electron chi connectivity index (χ3n) is 1.73. The van der Waals surface area contributed by atoms with Gasteiger partial charge in [-0.2, -0.15) is 0 Å². The Hall–Kier alpha value is -0.0100. The van der Waals surface area contributed by atoms with Crippen molar-refractivity contribution in [1.82, 2.24) is 4.31 Å². The van der Waals surface area contributed by atoms with Gasteiger partial charge in [0, 0.05) is 31.5 Å². The summed E-state index contributed by atoms with van der Waals surface area (Å²) in [5, 5.41) is 8.56. The van der Waals surface area contributed by atoms with Gasteiger partial charge in [0.1, 0.15) is 0 Å². The van der Waals surface area contributed by atoms with E-state index in [2.05, 4.69) is 0 Å². The summed E-state index contributed by atoms with van der Waals surface area (Å²) in [5.41, 5.74) is 0. The lowest BCUT2D eigenvalue weighted by Gasteiger charge is -2.24. The second-order valence-corrected chi connectivity index (χ2v) is 3.81. The molecule has 0 aromatic carbocycles. The summed E-state index contributed by atoms with van der Waals surface area (Å²) in [4.78, 5) is 0. The molecule has 0 aliphatic heterocycles. The normalized spacial score (nSPS) is 16.1. The molecule has 0 saturated carbocycles. The van der Waals surface area contributed by atoms with Crippen LogP contribution >= 0.6 is 0 Å². The number of aliphatic hydroxyl groups is 1. The third kappa shape index (κ3) is 6.11. The Labute approximate surface area is 81.1 Å². The van der Waals surface area contributed by atoms with Crippen molar-refractivity contribution in [2.24, 2.45) is 0 Å². The largest absolute Gasteiger partial charge is 0.760 e. The number of aliphatic hydroxyl groups excluding tert-OH is 1. The van der Waals surface area contributed by atoms with E-state index in [1.165, 1.54) is 18.5 Å². The van der Waals surface area contributed by atoms with E-state index in [0.717, 1.165) is 0 Å². The molecule has 6 heteroatoms. The van der Waals surface area contributed by atoms with E-state index < -0.39 is 11.3 Å². The minimum absolute atomic E-state index is 0.101. The number of rotatable bonds is 7. The van der Waals surface area contributed by atoms with Gasteiger partial charge in [0.15, 0.2) is 0 Å². The van der Waals surface area contributed by atoms with Crippen LogP contribution < -0.4 is 0 Å². The molecule has 0 aromatic rings. The standard InChI is InChI=1S/C7H17NO4S/c1-8(13(10)11)6-7(12-2)4-3-5-9/h7,9H,3-6H2,1-2H3,(H,10,11)/p-1/t7-/m0/s1. The molecule has 0 rings (SSSR count). The first-order valence-corrected chi connectivity index (χ1v) is 5.09. The maximum Gasteiger partial charge on any atom is 0.0708 e. The molecule has 0 heterocycles. The summed E-state index contributed by atoms with van der Waals surface area (Å²) in [6.45, 7) is 0.427. The first-order chi connectivity index (χ1) is 6.11. The highest BCUT2D eigenvalue weighted by Crippen LogP contribution is 2.03. The van der Waals surface area contributed by atoms with Gasteiger partial charge in [-0.05, 0) is 19.9 Å². The Balaban J connectivity index is 3.75. The molecule has 5 nitrogen and oxygen atoms in total. The number of likely N-dealkylation sites (N-methyl/N-ethyl adjacent to an activating group) is 1. The van der Waals surface area contributed by atoms with Gasteiger partial charge in [-0.15, -0.1) is 0 Å². The summed E-state index contributed by atoms with van der Waals surface area (Å²) >= 11 is -2.20. The fourth-order valence-corrected chi connectivity index (χ4v) is 1.24. The van der Waals surface area contributed by atoms with Crippen LogP contribution in [-0.4, -0.2) is 51.6 Å². The molecule has 80 valence electrons. The van der Waals surface area contributed by atoms with Crippen LogP contribution in [0.1, 0.15) is 12.8 Å². The van der Waals surface area contributed by atoms with E-state index in [1.54, 1.807) is 0 Å². The second-order valence-electron chi connectivity index (χ2n) is 2.75. The van der Waals surface area contributed by atoms with Crippen LogP contribution in [0.4, 0.5) is 0 Å². The van der Waals surface area contributed by atoms with E-state index in [0.29, 0.717) is 19.4 Å². The van der Waals surface area contributed by atoms with Crippen LogP contribution in [-0.2, 0) is 16.0 Å². The van der Waals surface area contributed by atoms with Gasteiger partial charge in [0.05, 0.1) is 6.10 Å². The van der Waals surface area contributed by atoms with Gasteiger partial charge >= 0.3 is 0 Å². The van der Waals surface area contributed by atoms with E-state index in [4.69, 9.17) is 9.84 Å². The smallest absolute Gasteiger partial charge is 0.0708 e. The molecule has 0 amide bonds. The van der Waals surface area contributed by atoms with Gasteiger partial charge in [-0.3, -0.25) is 4.21 Å². The highest BCUT2D eigenvalue weighted by molar-refractivity contribution is 7.76. The summed E-state index contributed by atoms with van der Waals surface area (Å²) in [6.07, 6.45) is 1.14. The summed E-state index contributed by atoms with van der Waals surface area (Å²) in [5.74, 6) is 0. The van der Waals surface area contributed by atoms with Crippen molar-refractivity contribution in [3.63, 3.8) is 0 Å². The Kier molecular flexibility index (Phi) is 7.39. The Morgan fingerprint density at radius 1 is 1.69 bits per heavy atom. The zero-order valence-corrected chi connectivity index (χ0v) is 8.75.